The van der Waals surface area contributed by atoms with Gasteiger partial charge in [-0.05, 0) is 51.4 Å². The first-order chi connectivity index (χ1) is 6.83. The van der Waals surface area contributed by atoms with E-state index in [0.29, 0.717) is 5.41 Å². The van der Waals surface area contributed by atoms with Crippen LogP contribution in [0.3, 0.4) is 0 Å². The number of nitrogens with one attached hydrogen (secondary N) is 2. The smallest absolute Gasteiger partial charge is 0.00436 e. The predicted octanol–water partition coefficient (Wildman–Crippen LogP) is 2.40. The van der Waals surface area contributed by atoms with Crippen molar-refractivity contribution in [2.24, 2.45) is 5.41 Å². The highest BCUT2D eigenvalue weighted by atomic mass is 14.9. The van der Waals surface area contributed by atoms with Crippen LogP contribution in [-0.2, 0) is 0 Å². The van der Waals surface area contributed by atoms with Gasteiger partial charge in [0.15, 0.2) is 0 Å². The molecular formula is C12H28N2. The Hall–Kier alpha value is -0.0800. The van der Waals surface area contributed by atoms with Gasteiger partial charge in [-0.15, -0.1) is 0 Å². The molecule has 0 aromatic heterocycles. The minimum atomic E-state index is 0.647. The largest absolute Gasteiger partial charge is 0.320 e. The maximum absolute atomic E-state index is 3.43. The summed E-state index contributed by atoms with van der Waals surface area (Å²) in [6, 6.07) is 0. The Morgan fingerprint density at radius 2 is 1.79 bits per heavy atom. The van der Waals surface area contributed by atoms with Crippen LogP contribution in [0.1, 0.15) is 46.5 Å². The fraction of sp³-hybridized carbons (Fsp3) is 1.00. The Kier molecular flexibility index (Phi) is 8.20. The van der Waals surface area contributed by atoms with Crippen molar-refractivity contribution < 1.29 is 0 Å². The van der Waals surface area contributed by atoms with Crippen molar-refractivity contribution in [2.75, 3.05) is 26.7 Å². The van der Waals surface area contributed by atoms with Gasteiger partial charge >= 0.3 is 0 Å². The molecule has 0 saturated carbocycles. The van der Waals surface area contributed by atoms with E-state index < -0.39 is 0 Å². The molecule has 2 nitrogen and oxygen atoms in total. The minimum Gasteiger partial charge on any atom is -0.320 e. The fourth-order valence-corrected chi connectivity index (χ4v) is 2.13. The molecule has 0 unspecified atom stereocenters. The Bertz CT molecular complexity index is 117. The molecule has 1 rings (SSSR count). The van der Waals surface area contributed by atoms with Gasteiger partial charge in [0.05, 0.1) is 0 Å². The molecule has 1 aliphatic rings. The summed E-state index contributed by atoms with van der Waals surface area (Å²) in [6.45, 7) is 9.95. The zero-order chi connectivity index (χ0) is 10.9. The van der Waals surface area contributed by atoms with E-state index in [2.05, 4.69) is 17.6 Å². The number of hydrogen-bond acceptors (Lipinski definition) is 2. The molecule has 2 N–H and O–H groups in total. The maximum atomic E-state index is 3.43. The molecule has 1 fully saturated rings. The molecular weight excluding hydrogens is 172 g/mol. The van der Waals surface area contributed by atoms with Crippen molar-refractivity contribution in [2.45, 2.75) is 46.5 Å². The first-order valence-electron chi connectivity index (χ1n) is 6.18. The summed E-state index contributed by atoms with van der Waals surface area (Å²) in [5.74, 6) is 0. The molecule has 86 valence electrons. The third-order valence-corrected chi connectivity index (χ3v) is 3.32. The summed E-state index contributed by atoms with van der Waals surface area (Å²) >= 11 is 0. The summed E-state index contributed by atoms with van der Waals surface area (Å²) in [4.78, 5) is 0. The normalized spacial score (nSPS) is 19.7. The molecule has 0 aromatic rings. The zero-order valence-corrected chi connectivity index (χ0v) is 10.4. The molecule has 2 heteroatoms. The number of hydrogen-bond donors (Lipinski definition) is 2. The van der Waals surface area contributed by atoms with Gasteiger partial charge in [-0.3, -0.25) is 0 Å². The third kappa shape index (κ3) is 4.43. The van der Waals surface area contributed by atoms with Crippen LogP contribution in [0.5, 0.6) is 0 Å². The molecule has 0 spiro atoms. The molecule has 0 aromatic carbocycles. The number of piperidine rings is 1. The molecule has 1 aliphatic heterocycles. The van der Waals surface area contributed by atoms with Crippen molar-refractivity contribution in [1.82, 2.24) is 10.6 Å². The van der Waals surface area contributed by atoms with Crippen molar-refractivity contribution in [1.29, 1.82) is 0 Å². The van der Waals surface area contributed by atoms with Gasteiger partial charge in [-0.2, -0.15) is 0 Å². The molecule has 1 saturated heterocycles. The van der Waals surface area contributed by atoms with Gasteiger partial charge in [0.2, 0.25) is 0 Å². The summed E-state index contributed by atoms with van der Waals surface area (Å²) < 4.78 is 0. The molecule has 14 heavy (non-hydrogen) atoms. The molecule has 0 radical (unpaired) electrons. The molecule has 0 atom stereocenters. The highest BCUT2D eigenvalue weighted by molar-refractivity contribution is 4.83. The zero-order valence-electron chi connectivity index (χ0n) is 10.4. The Morgan fingerprint density at radius 3 is 2.21 bits per heavy atom. The van der Waals surface area contributed by atoms with Crippen LogP contribution in [0.15, 0.2) is 0 Å². The van der Waals surface area contributed by atoms with Gasteiger partial charge in [-0.1, -0.05) is 27.2 Å². The van der Waals surface area contributed by atoms with E-state index in [1.807, 2.05) is 20.9 Å². The van der Waals surface area contributed by atoms with Crippen LogP contribution in [-0.4, -0.2) is 26.7 Å². The van der Waals surface area contributed by atoms with E-state index in [-0.39, 0.29) is 0 Å². The minimum absolute atomic E-state index is 0.647. The van der Waals surface area contributed by atoms with Gasteiger partial charge in [0.1, 0.15) is 0 Å². The molecule has 1 heterocycles. The van der Waals surface area contributed by atoms with Crippen LogP contribution in [0.2, 0.25) is 0 Å². The monoisotopic (exact) mass is 200 g/mol. The highest BCUT2D eigenvalue weighted by Crippen LogP contribution is 2.35. The summed E-state index contributed by atoms with van der Waals surface area (Å²) in [5.41, 5.74) is 0.647. The molecule has 0 bridgehead atoms. The summed E-state index contributed by atoms with van der Waals surface area (Å²) in [7, 11) is 2.05. The van der Waals surface area contributed by atoms with Crippen LogP contribution in [0.4, 0.5) is 0 Å². The lowest BCUT2D eigenvalue weighted by Crippen LogP contribution is -2.37. The van der Waals surface area contributed by atoms with Gasteiger partial charge in [0.25, 0.3) is 0 Å². The van der Waals surface area contributed by atoms with Crippen LogP contribution in [0.25, 0.3) is 0 Å². The average Bonchev–Trinajstić information content (AvgIpc) is 2.30. The summed E-state index contributed by atoms with van der Waals surface area (Å²) in [6.07, 6.45) is 5.42. The van der Waals surface area contributed by atoms with Crippen molar-refractivity contribution in [3.63, 3.8) is 0 Å². The van der Waals surface area contributed by atoms with Crippen LogP contribution >= 0.6 is 0 Å². The Morgan fingerprint density at radius 1 is 1.21 bits per heavy atom. The van der Waals surface area contributed by atoms with Gasteiger partial charge < -0.3 is 10.6 Å². The number of rotatable bonds is 4. The first-order valence-corrected chi connectivity index (χ1v) is 6.18. The lowest BCUT2D eigenvalue weighted by molar-refractivity contribution is 0.176. The first kappa shape index (κ1) is 13.9. The van der Waals surface area contributed by atoms with E-state index >= 15 is 0 Å². The molecule has 0 amide bonds. The van der Waals surface area contributed by atoms with Crippen molar-refractivity contribution >= 4 is 0 Å². The second-order valence-corrected chi connectivity index (χ2v) is 3.96. The lowest BCUT2D eigenvalue weighted by Gasteiger charge is -2.37. The van der Waals surface area contributed by atoms with Crippen molar-refractivity contribution in [3.05, 3.63) is 0 Å². The third-order valence-electron chi connectivity index (χ3n) is 3.32. The van der Waals surface area contributed by atoms with E-state index in [4.69, 9.17) is 0 Å². The Balaban J connectivity index is 0.000000791. The predicted molar refractivity (Wildman–Crippen MR) is 64.7 cm³/mol. The SMILES string of the molecule is CC.CCC1(CCNC)CCNCC1. The van der Waals surface area contributed by atoms with E-state index in [9.17, 15) is 0 Å². The van der Waals surface area contributed by atoms with E-state index in [1.165, 1.54) is 45.3 Å². The van der Waals surface area contributed by atoms with Crippen molar-refractivity contribution in [3.8, 4) is 0 Å². The van der Waals surface area contributed by atoms with E-state index in [0.717, 1.165) is 0 Å². The second kappa shape index (κ2) is 8.25. The standard InChI is InChI=1S/C10H22N2.C2H6/c1-3-10(4-7-11-2)5-8-12-9-6-10;1-2/h11-12H,3-9H2,1-2H3;1-2H3. The van der Waals surface area contributed by atoms with Gasteiger partial charge in [0, 0.05) is 0 Å². The molecule has 0 aliphatic carbocycles. The average molecular weight is 200 g/mol. The topological polar surface area (TPSA) is 24.1 Å². The highest BCUT2D eigenvalue weighted by Gasteiger charge is 2.28. The lowest BCUT2D eigenvalue weighted by atomic mass is 9.74. The quantitative estimate of drug-likeness (QED) is 0.728. The fourth-order valence-electron chi connectivity index (χ4n) is 2.13. The van der Waals surface area contributed by atoms with Gasteiger partial charge in [-0.25, -0.2) is 0 Å². The van der Waals surface area contributed by atoms with Crippen LogP contribution < -0.4 is 10.6 Å². The van der Waals surface area contributed by atoms with Crippen LogP contribution in [0, 0.1) is 5.41 Å². The van der Waals surface area contributed by atoms with E-state index in [1.54, 1.807) is 0 Å². The second-order valence-electron chi connectivity index (χ2n) is 3.96. The Labute approximate surface area is 89.9 Å². The summed E-state index contributed by atoms with van der Waals surface area (Å²) in [5, 5.41) is 6.68. The maximum Gasteiger partial charge on any atom is -0.00436 e.